The van der Waals surface area contributed by atoms with Crippen molar-refractivity contribution in [2.75, 3.05) is 12.4 Å². The number of hydrogen-bond acceptors (Lipinski definition) is 7. The molecule has 4 rings (SSSR count). The highest BCUT2D eigenvalue weighted by Crippen LogP contribution is 2.30. The lowest BCUT2D eigenvalue weighted by molar-refractivity contribution is 0.570. The molecule has 1 aliphatic carbocycles. The molecule has 4 N–H and O–H groups in total. The first kappa shape index (κ1) is 22.4. The van der Waals surface area contributed by atoms with Gasteiger partial charge in [0.1, 0.15) is 4.60 Å². The number of hydrogen-bond donors (Lipinski definition) is 3. The van der Waals surface area contributed by atoms with Crippen LogP contribution in [0.15, 0.2) is 29.0 Å². The van der Waals surface area contributed by atoms with Crippen LogP contribution in [0.5, 0.6) is 0 Å². The molecule has 166 valence electrons. The van der Waals surface area contributed by atoms with Crippen molar-refractivity contribution in [3.05, 3.63) is 39.6 Å². The highest BCUT2D eigenvalue weighted by atomic mass is 79.9. The molecule has 3 atom stereocenters. The summed E-state index contributed by atoms with van der Waals surface area (Å²) >= 11 is 9.77. The third-order valence-electron chi connectivity index (χ3n) is 5.50. The van der Waals surface area contributed by atoms with E-state index in [-0.39, 0.29) is 12.1 Å². The second kappa shape index (κ2) is 8.62. The number of halogens is 2. The van der Waals surface area contributed by atoms with Crippen molar-refractivity contribution in [1.29, 1.82) is 0 Å². The highest BCUT2D eigenvalue weighted by molar-refractivity contribution is 9.10. The molecule has 0 radical (unpaired) electrons. The summed E-state index contributed by atoms with van der Waals surface area (Å²) in [7, 11) is -1.84. The SMILES string of the molecule is CNS(=O)(=O)C1CC[C@@H](Nc2ncc3c(Br)nn(-c4cc(Cl)cc([C@H](C)N)c4)c3n2)C1. The number of sulfonamides is 1. The van der Waals surface area contributed by atoms with Gasteiger partial charge in [0.05, 0.1) is 16.3 Å². The second-order valence-electron chi connectivity index (χ2n) is 7.69. The summed E-state index contributed by atoms with van der Waals surface area (Å²) in [5.41, 5.74) is 8.25. The van der Waals surface area contributed by atoms with Gasteiger partial charge in [0.25, 0.3) is 0 Å². The van der Waals surface area contributed by atoms with Crippen LogP contribution in [-0.2, 0) is 10.0 Å². The molecule has 1 aromatic carbocycles. The maximum Gasteiger partial charge on any atom is 0.224 e. The van der Waals surface area contributed by atoms with Gasteiger partial charge in [-0.25, -0.2) is 22.8 Å². The summed E-state index contributed by atoms with van der Waals surface area (Å²) in [6, 6.07) is 5.34. The molecule has 2 aromatic heterocycles. The van der Waals surface area contributed by atoms with Crippen LogP contribution in [0, 0.1) is 0 Å². The molecular weight excluding hydrogens is 506 g/mol. The number of nitrogens with zero attached hydrogens (tertiary/aromatic N) is 4. The second-order valence-corrected chi connectivity index (χ2v) is 11.0. The average Bonchev–Trinajstić information content (AvgIpc) is 3.32. The maximum atomic E-state index is 12.1. The van der Waals surface area contributed by atoms with Gasteiger partial charge in [-0.1, -0.05) is 11.6 Å². The molecule has 2 heterocycles. The number of fused-ring (bicyclic) bond motifs is 1. The van der Waals surface area contributed by atoms with Crippen LogP contribution in [0.4, 0.5) is 5.95 Å². The van der Waals surface area contributed by atoms with Crippen LogP contribution < -0.4 is 15.8 Å². The predicted molar refractivity (Wildman–Crippen MR) is 125 cm³/mol. The van der Waals surface area contributed by atoms with Gasteiger partial charge in [-0.2, -0.15) is 10.1 Å². The molecule has 1 fully saturated rings. The molecule has 1 saturated carbocycles. The first-order valence-corrected chi connectivity index (χ1v) is 12.6. The first-order chi connectivity index (χ1) is 14.7. The summed E-state index contributed by atoms with van der Waals surface area (Å²) in [5, 5.41) is 8.70. The zero-order valence-corrected chi connectivity index (χ0v) is 20.2. The largest absolute Gasteiger partial charge is 0.351 e. The van der Waals surface area contributed by atoms with Crippen molar-refractivity contribution in [3.8, 4) is 5.69 Å². The Morgan fingerprint density at radius 3 is 2.81 bits per heavy atom. The van der Waals surface area contributed by atoms with E-state index in [9.17, 15) is 8.42 Å². The van der Waals surface area contributed by atoms with E-state index < -0.39 is 15.3 Å². The van der Waals surface area contributed by atoms with E-state index >= 15 is 0 Å². The molecule has 9 nitrogen and oxygen atoms in total. The van der Waals surface area contributed by atoms with Crippen LogP contribution in [0.3, 0.4) is 0 Å². The fraction of sp³-hybridized carbons (Fsp3) is 0.421. The number of rotatable bonds is 6. The van der Waals surface area contributed by atoms with E-state index in [0.29, 0.717) is 34.1 Å². The van der Waals surface area contributed by atoms with Gasteiger partial charge in [0.2, 0.25) is 16.0 Å². The van der Waals surface area contributed by atoms with Crippen molar-refractivity contribution < 1.29 is 8.42 Å². The van der Waals surface area contributed by atoms with Gasteiger partial charge in [0, 0.05) is 23.3 Å². The van der Waals surface area contributed by atoms with E-state index in [1.807, 2.05) is 19.1 Å². The van der Waals surface area contributed by atoms with Crippen molar-refractivity contribution in [1.82, 2.24) is 24.5 Å². The monoisotopic (exact) mass is 527 g/mol. The number of aromatic nitrogens is 4. The smallest absolute Gasteiger partial charge is 0.224 e. The Morgan fingerprint density at radius 1 is 1.32 bits per heavy atom. The molecule has 3 aromatic rings. The van der Waals surface area contributed by atoms with Gasteiger partial charge < -0.3 is 11.1 Å². The Kier molecular flexibility index (Phi) is 6.23. The van der Waals surface area contributed by atoms with Crippen LogP contribution >= 0.6 is 27.5 Å². The lowest BCUT2D eigenvalue weighted by Crippen LogP contribution is -2.31. The topological polar surface area (TPSA) is 128 Å². The number of nitrogens with two attached hydrogens (primary N) is 1. The van der Waals surface area contributed by atoms with Crippen LogP contribution in [0.25, 0.3) is 16.7 Å². The van der Waals surface area contributed by atoms with Crippen molar-refractivity contribution in [2.45, 2.75) is 43.5 Å². The zero-order chi connectivity index (χ0) is 22.3. The molecule has 1 unspecified atom stereocenters. The van der Waals surface area contributed by atoms with Crippen molar-refractivity contribution in [3.63, 3.8) is 0 Å². The summed E-state index contributed by atoms with van der Waals surface area (Å²) in [6.07, 6.45) is 3.50. The fourth-order valence-electron chi connectivity index (χ4n) is 3.80. The molecular formula is C19H23BrClN7O2S. The molecule has 0 bridgehead atoms. The molecule has 0 amide bonds. The minimum Gasteiger partial charge on any atom is -0.351 e. The van der Waals surface area contributed by atoms with E-state index in [4.69, 9.17) is 17.3 Å². The van der Waals surface area contributed by atoms with Crippen LogP contribution in [0.2, 0.25) is 5.02 Å². The van der Waals surface area contributed by atoms with Crippen molar-refractivity contribution >= 4 is 54.5 Å². The van der Waals surface area contributed by atoms with Gasteiger partial charge in [-0.15, -0.1) is 0 Å². The quantitative estimate of drug-likeness (QED) is 0.448. The average molecular weight is 529 g/mol. The maximum absolute atomic E-state index is 12.1. The number of nitrogens with one attached hydrogen (secondary N) is 2. The molecule has 12 heteroatoms. The Bertz CT molecular complexity index is 1230. The Balaban J connectivity index is 1.66. The molecule has 0 aliphatic heterocycles. The molecule has 0 saturated heterocycles. The summed E-state index contributed by atoms with van der Waals surface area (Å²) in [4.78, 5) is 9.05. The highest BCUT2D eigenvalue weighted by Gasteiger charge is 2.33. The number of anilines is 1. The lowest BCUT2D eigenvalue weighted by Gasteiger charge is -2.14. The van der Waals surface area contributed by atoms with E-state index in [2.05, 4.69) is 41.0 Å². The van der Waals surface area contributed by atoms with Gasteiger partial charge >= 0.3 is 0 Å². The predicted octanol–water partition coefficient (Wildman–Crippen LogP) is 3.13. The minimum atomic E-state index is -3.29. The fourth-order valence-corrected chi connectivity index (χ4v) is 5.74. The standard InChI is InChI=1S/C19H23BrClN7O2S/c1-10(22)11-5-12(21)7-14(6-11)28-18-16(17(20)27-28)9-24-19(26-18)25-13-3-4-15(8-13)31(29,30)23-2/h5-7,9-10,13,15,23H,3-4,8,22H2,1-2H3,(H,24,25,26)/t10-,13+,15?/m0/s1. The van der Waals surface area contributed by atoms with Gasteiger partial charge in [0.15, 0.2) is 5.65 Å². The zero-order valence-electron chi connectivity index (χ0n) is 17.0. The third-order valence-corrected chi connectivity index (χ3v) is 8.17. The minimum absolute atomic E-state index is 0.0266. The first-order valence-electron chi connectivity index (χ1n) is 9.84. The molecule has 31 heavy (non-hydrogen) atoms. The molecule has 1 aliphatic rings. The number of benzene rings is 1. The van der Waals surface area contributed by atoms with E-state index in [1.165, 1.54) is 7.05 Å². The molecule has 0 spiro atoms. The summed E-state index contributed by atoms with van der Waals surface area (Å²) in [6.45, 7) is 1.89. The van der Waals surface area contributed by atoms with Crippen molar-refractivity contribution in [2.24, 2.45) is 5.73 Å². The van der Waals surface area contributed by atoms with Crippen LogP contribution in [-0.4, -0.2) is 46.5 Å². The van der Waals surface area contributed by atoms with E-state index in [1.54, 1.807) is 16.9 Å². The van der Waals surface area contributed by atoms with Gasteiger partial charge in [-0.3, -0.25) is 0 Å². The normalized spacial score (nSPS) is 20.3. The Morgan fingerprint density at radius 2 is 2.10 bits per heavy atom. The summed E-state index contributed by atoms with van der Waals surface area (Å²) in [5.74, 6) is 0.420. The van der Waals surface area contributed by atoms with Crippen LogP contribution in [0.1, 0.15) is 37.8 Å². The Hall–Kier alpha value is -1.79. The van der Waals surface area contributed by atoms with Gasteiger partial charge in [-0.05, 0) is 72.9 Å². The lowest BCUT2D eigenvalue weighted by atomic mass is 10.1. The summed E-state index contributed by atoms with van der Waals surface area (Å²) < 4.78 is 28.9. The Labute approximate surface area is 194 Å². The third kappa shape index (κ3) is 4.56. The van der Waals surface area contributed by atoms with E-state index in [0.717, 1.165) is 23.1 Å².